The normalized spacial score (nSPS) is 13.0. The SMILES string of the molecule is c1ccc(-c2nc(-c3cccc(-c4ccc5c(c4)Oc4c(ccc6c4-c4ccccc4C6(c4ccccc4)c4ccccc4)O5)c3)nc(-c3ccc4c(ccc5ccccc54)c3)n2)cc1. The molecule has 65 heavy (non-hydrogen) atoms. The van der Waals surface area contributed by atoms with E-state index in [1.807, 2.05) is 36.4 Å². The summed E-state index contributed by atoms with van der Waals surface area (Å²) < 4.78 is 13.7. The monoisotopic (exact) mass is 831 g/mol. The van der Waals surface area contributed by atoms with Crippen LogP contribution in [-0.2, 0) is 5.41 Å². The molecule has 1 aromatic heterocycles. The van der Waals surface area contributed by atoms with Crippen molar-refractivity contribution in [3.05, 3.63) is 247 Å². The topological polar surface area (TPSA) is 57.1 Å². The summed E-state index contributed by atoms with van der Waals surface area (Å²) >= 11 is 0. The van der Waals surface area contributed by atoms with Gasteiger partial charge in [0.2, 0.25) is 0 Å². The van der Waals surface area contributed by atoms with Gasteiger partial charge >= 0.3 is 0 Å². The molecular weight excluding hydrogens is 795 g/mol. The maximum absolute atomic E-state index is 7.04. The summed E-state index contributed by atoms with van der Waals surface area (Å²) in [4.78, 5) is 15.3. The number of nitrogens with zero attached hydrogens (tertiary/aromatic N) is 3. The lowest BCUT2D eigenvalue weighted by Crippen LogP contribution is -2.28. The fourth-order valence-electron chi connectivity index (χ4n) is 10.1. The highest BCUT2D eigenvalue weighted by atomic mass is 16.6. The number of ether oxygens (including phenoxy) is 2. The Kier molecular flexibility index (Phi) is 8.36. The highest BCUT2D eigenvalue weighted by Crippen LogP contribution is 2.62. The van der Waals surface area contributed by atoms with Crippen molar-refractivity contribution in [3.63, 3.8) is 0 Å². The number of benzene rings is 10. The Morgan fingerprint density at radius 3 is 1.68 bits per heavy atom. The van der Waals surface area contributed by atoms with Crippen LogP contribution in [0, 0.1) is 0 Å². The van der Waals surface area contributed by atoms with E-state index in [0.29, 0.717) is 34.7 Å². The summed E-state index contributed by atoms with van der Waals surface area (Å²) in [7, 11) is 0. The molecule has 0 unspecified atom stereocenters. The van der Waals surface area contributed by atoms with Crippen molar-refractivity contribution < 1.29 is 9.47 Å². The van der Waals surface area contributed by atoms with Gasteiger partial charge in [-0.1, -0.05) is 194 Å². The first-order chi connectivity index (χ1) is 32.2. The number of aromatic nitrogens is 3. The molecule has 304 valence electrons. The molecule has 1 aliphatic carbocycles. The Labute approximate surface area is 375 Å². The number of rotatable bonds is 6. The van der Waals surface area contributed by atoms with E-state index in [1.54, 1.807) is 0 Å². The molecular formula is C60H37N3O2. The molecule has 10 aromatic carbocycles. The van der Waals surface area contributed by atoms with E-state index in [2.05, 4.69) is 188 Å². The van der Waals surface area contributed by atoms with Gasteiger partial charge < -0.3 is 9.47 Å². The molecule has 5 nitrogen and oxygen atoms in total. The van der Waals surface area contributed by atoms with Gasteiger partial charge in [0.25, 0.3) is 0 Å². The lowest BCUT2D eigenvalue weighted by Gasteiger charge is -2.34. The van der Waals surface area contributed by atoms with Gasteiger partial charge in [0.05, 0.1) is 5.41 Å². The number of hydrogen-bond donors (Lipinski definition) is 0. The summed E-state index contributed by atoms with van der Waals surface area (Å²) in [6.07, 6.45) is 0. The van der Waals surface area contributed by atoms with Crippen LogP contribution in [-0.4, -0.2) is 15.0 Å². The molecule has 0 atom stereocenters. The Hall–Kier alpha value is -8.67. The molecule has 0 amide bonds. The molecule has 0 saturated heterocycles. The molecule has 1 aliphatic heterocycles. The zero-order valence-electron chi connectivity index (χ0n) is 35.0. The number of fused-ring (bicyclic) bond motifs is 9. The van der Waals surface area contributed by atoms with Crippen LogP contribution in [0.3, 0.4) is 0 Å². The van der Waals surface area contributed by atoms with E-state index in [-0.39, 0.29) is 0 Å². The van der Waals surface area contributed by atoms with Gasteiger partial charge in [-0.25, -0.2) is 15.0 Å². The summed E-state index contributed by atoms with van der Waals surface area (Å²) in [5, 5.41) is 4.77. The minimum atomic E-state index is -0.548. The summed E-state index contributed by atoms with van der Waals surface area (Å²) in [5.41, 5.74) is 11.1. The molecule has 13 rings (SSSR count). The molecule has 2 heterocycles. The molecule has 0 spiro atoms. The van der Waals surface area contributed by atoms with E-state index in [1.165, 1.54) is 32.8 Å². The molecule has 0 radical (unpaired) electrons. The average molecular weight is 832 g/mol. The van der Waals surface area contributed by atoms with Crippen LogP contribution >= 0.6 is 0 Å². The van der Waals surface area contributed by atoms with Gasteiger partial charge in [0.15, 0.2) is 40.5 Å². The first kappa shape index (κ1) is 36.9. The van der Waals surface area contributed by atoms with E-state index in [0.717, 1.165) is 55.6 Å². The highest BCUT2D eigenvalue weighted by molar-refractivity contribution is 6.08. The van der Waals surface area contributed by atoms with E-state index >= 15 is 0 Å². The molecule has 2 aliphatic rings. The Balaban J connectivity index is 0.900. The molecule has 0 N–H and O–H groups in total. The zero-order valence-corrected chi connectivity index (χ0v) is 35.0. The van der Waals surface area contributed by atoms with Crippen molar-refractivity contribution >= 4 is 21.5 Å². The average Bonchev–Trinajstić information content (AvgIpc) is 3.70. The molecule has 0 bridgehead atoms. The number of hydrogen-bond acceptors (Lipinski definition) is 5. The van der Waals surface area contributed by atoms with Crippen molar-refractivity contribution in [2.24, 2.45) is 0 Å². The van der Waals surface area contributed by atoms with Crippen LogP contribution in [0.2, 0.25) is 0 Å². The predicted molar refractivity (Wildman–Crippen MR) is 260 cm³/mol. The maximum atomic E-state index is 7.04. The second kappa shape index (κ2) is 14.7. The van der Waals surface area contributed by atoms with Gasteiger partial charge in [-0.3, -0.25) is 0 Å². The van der Waals surface area contributed by atoms with Crippen LogP contribution < -0.4 is 9.47 Å². The van der Waals surface area contributed by atoms with Gasteiger partial charge in [0.1, 0.15) is 0 Å². The second-order valence-corrected chi connectivity index (χ2v) is 16.7. The minimum absolute atomic E-state index is 0.548. The minimum Gasteiger partial charge on any atom is -0.449 e. The maximum Gasteiger partial charge on any atom is 0.178 e. The predicted octanol–water partition coefficient (Wildman–Crippen LogP) is 15.1. The lowest BCUT2D eigenvalue weighted by molar-refractivity contribution is 0.360. The van der Waals surface area contributed by atoms with Crippen molar-refractivity contribution in [1.82, 2.24) is 15.0 Å². The Morgan fingerprint density at radius 2 is 0.892 bits per heavy atom. The van der Waals surface area contributed by atoms with Crippen LogP contribution in [0.4, 0.5) is 0 Å². The van der Waals surface area contributed by atoms with Crippen LogP contribution in [0.15, 0.2) is 224 Å². The van der Waals surface area contributed by atoms with Crippen LogP contribution in [0.1, 0.15) is 22.3 Å². The van der Waals surface area contributed by atoms with Gasteiger partial charge in [-0.15, -0.1) is 0 Å². The summed E-state index contributed by atoms with van der Waals surface area (Å²) in [6.45, 7) is 0. The molecule has 5 heteroatoms. The third-order valence-corrected chi connectivity index (χ3v) is 13.0. The zero-order chi connectivity index (χ0) is 42.9. The standard InChI is InChI=1S/C60H37N3O2/c1-4-16-39(17-5-1)57-61-58(63-59(62-57)44-29-31-48-42(36-44)28-27-38-15-10-11-24-47(38)48)43-19-14-18-40(35-43)41-30-33-52-54(37-41)65-56-53(64-52)34-32-51-55(56)49-25-12-13-26-50(49)60(51,45-20-6-2-7-21-45)46-22-8-3-9-23-46/h1-37H. The van der Waals surface area contributed by atoms with Crippen LogP contribution in [0.5, 0.6) is 23.0 Å². The molecule has 11 aromatic rings. The van der Waals surface area contributed by atoms with Gasteiger partial charge in [0, 0.05) is 22.3 Å². The first-order valence-corrected chi connectivity index (χ1v) is 21.9. The lowest BCUT2D eigenvalue weighted by atomic mass is 9.68. The van der Waals surface area contributed by atoms with Gasteiger partial charge in [-0.05, 0) is 90.8 Å². The van der Waals surface area contributed by atoms with E-state index in [4.69, 9.17) is 24.4 Å². The van der Waals surface area contributed by atoms with Crippen molar-refractivity contribution in [1.29, 1.82) is 0 Å². The fraction of sp³-hybridized carbons (Fsp3) is 0.0167. The van der Waals surface area contributed by atoms with Crippen LogP contribution in [0.25, 0.3) is 78.0 Å². The fourth-order valence-corrected chi connectivity index (χ4v) is 10.1. The second-order valence-electron chi connectivity index (χ2n) is 16.7. The van der Waals surface area contributed by atoms with E-state index < -0.39 is 5.41 Å². The highest BCUT2D eigenvalue weighted by Gasteiger charge is 2.48. The quantitative estimate of drug-likeness (QED) is 0.156. The van der Waals surface area contributed by atoms with Crippen molar-refractivity contribution in [2.45, 2.75) is 5.41 Å². The van der Waals surface area contributed by atoms with E-state index in [9.17, 15) is 0 Å². The smallest absolute Gasteiger partial charge is 0.178 e. The van der Waals surface area contributed by atoms with Crippen molar-refractivity contribution in [3.8, 4) is 79.4 Å². The molecule has 0 fully saturated rings. The molecule has 0 saturated carbocycles. The Morgan fingerprint density at radius 1 is 0.323 bits per heavy atom. The Bertz CT molecular complexity index is 3620. The summed E-state index contributed by atoms with van der Waals surface area (Å²) in [5.74, 6) is 4.55. The third-order valence-electron chi connectivity index (χ3n) is 13.0. The van der Waals surface area contributed by atoms with Gasteiger partial charge in [-0.2, -0.15) is 0 Å². The third kappa shape index (κ3) is 5.90. The largest absolute Gasteiger partial charge is 0.449 e. The summed E-state index contributed by atoms with van der Waals surface area (Å²) in [6, 6.07) is 78.5. The van der Waals surface area contributed by atoms with Crippen molar-refractivity contribution in [2.75, 3.05) is 0 Å². The first-order valence-electron chi connectivity index (χ1n) is 21.9.